The number of benzene rings is 2. The van der Waals surface area contributed by atoms with Crippen molar-refractivity contribution >= 4 is 28.2 Å². The van der Waals surface area contributed by atoms with Gasteiger partial charge in [0.15, 0.2) is 5.65 Å². The second kappa shape index (κ2) is 7.29. The van der Waals surface area contributed by atoms with Crippen molar-refractivity contribution in [1.29, 1.82) is 0 Å². The molecule has 0 fully saturated rings. The third-order valence-electron chi connectivity index (χ3n) is 4.71. The Bertz CT molecular complexity index is 1200. The van der Waals surface area contributed by atoms with E-state index in [2.05, 4.69) is 80.0 Å². The van der Waals surface area contributed by atoms with Crippen LogP contribution in [0.1, 0.15) is 4.88 Å². The first kappa shape index (κ1) is 16.7. The number of rotatable bonds is 5. The maximum atomic E-state index is 4.62. The highest BCUT2D eigenvalue weighted by Gasteiger charge is 2.17. The lowest BCUT2D eigenvalue weighted by atomic mass is 10.1. The first-order chi connectivity index (χ1) is 13.9. The zero-order valence-electron chi connectivity index (χ0n) is 15.1. The Hall–Kier alpha value is -3.44. The van der Waals surface area contributed by atoms with E-state index in [0.29, 0.717) is 0 Å². The van der Waals surface area contributed by atoms with Crippen LogP contribution < -0.4 is 5.32 Å². The molecule has 5 aromatic rings. The molecule has 28 heavy (non-hydrogen) atoms. The zero-order chi connectivity index (χ0) is 18.8. The minimum atomic E-state index is 0.745. The normalized spacial score (nSPS) is 11.0. The summed E-state index contributed by atoms with van der Waals surface area (Å²) in [5.41, 5.74) is 4.25. The first-order valence-electron chi connectivity index (χ1n) is 9.13. The molecule has 0 aliphatic rings. The molecule has 0 saturated carbocycles. The van der Waals surface area contributed by atoms with Gasteiger partial charge in [0.25, 0.3) is 0 Å². The standard InChI is InChI=1S/C23H18N4S/c1-3-8-17(9-4-1)20-15-27(18-10-5-2-6-11-18)23-21(20)22(25-16-26-23)24-14-19-12-7-13-28-19/h1-13,15-16H,14H2,(H,24,25,26). The average molecular weight is 382 g/mol. The quantitative estimate of drug-likeness (QED) is 0.420. The molecule has 0 aliphatic heterocycles. The van der Waals surface area contributed by atoms with Gasteiger partial charge in [-0.05, 0) is 29.1 Å². The summed E-state index contributed by atoms with van der Waals surface area (Å²) in [5.74, 6) is 0.854. The molecule has 3 aromatic heterocycles. The van der Waals surface area contributed by atoms with Gasteiger partial charge in [0, 0.05) is 22.3 Å². The summed E-state index contributed by atoms with van der Waals surface area (Å²) in [7, 11) is 0. The van der Waals surface area contributed by atoms with Crippen molar-refractivity contribution in [3.05, 3.63) is 95.6 Å². The molecule has 136 valence electrons. The van der Waals surface area contributed by atoms with E-state index in [1.165, 1.54) is 4.88 Å². The largest absolute Gasteiger partial charge is 0.364 e. The fraction of sp³-hybridized carbons (Fsp3) is 0.0435. The maximum absolute atomic E-state index is 4.62. The van der Waals surface area contributed by atoms with Gasteiger partial charge >= 0.3 is 0 Å². The summed E-state index contributed by atoms with van der Waals surface area (Å²) in [6, 6.07) is 24.9. The van der Waals surface area contributed by atoms with Crippen LogP contribution in [-0.4, -0.2) is 14.5 Å². The molecule has 0 aliphatic carbocycles. The highest BCUT2D eigenvalue weighted by atomic mass is 32.1. The van der Waals surface area contributed by atoms with Crippen molar-refractivity contribution in [2.24, 2.45) is 0 Å². The Balaban J connectivity index is 1.69. The van der Waals surface area contributed by atoms with Crippen LogP contribution in [0.3, 0.4) is 0 Å². The molecule has 0 spiro atoms. The van der Waals surface area contributed by atoms with Crippen molar-refractivity contribution in [1.82, 2.24) is 14.5 Å². The predicted molar refractivity (Wildman–Crippen MR) is 116 cm³/mol. The Morgan fingerprint density at radius 3 is 2.39 bits per heavy atom. The number of hydrogen-bond acceptors (Lipinski definition) is 4. The molecule has 2 aromatic carbocycles. The summed E-state index contributed by atoms with van der Waals surface area (Å²) in [5, 5.41) is 6.64. The Morgan fingerprint density at radius 1 is 0.857 bits per heavy atom. The Morgan fingerprint density at radius 2 is 1.64 bits per heavy atom. The van der Waals surface area contributed by atoms with Crippen LogP contribution in [0.2, 0.25) is 0 Å². The number of nitrogens with zero attached hydrogens (tertiary/aromatic N) is 3. The summed E-state index contributed by atoms with van der Waals surface area (Å²) < 4.78 is 2.13. The van der Waals surface area contributed by atoms with Crippen LogP contribution in [-0.2, 0) is 6.54 Å². The van der Waals surface area contributed by atoms with Crippen LogP contribution in [0.25, 0.3) is 27.8 Å². The second-order valence-electron chi connectivity index (χ2n) is 6.47. The van der Waals surface area contributed by atoms with E-state index in [1.807, 2.05) is 24.3 Å². The van der Waals surface area contributed by atoms with Crippen molar-refractivity contribution < 1.29 is 0 Å². The van der Waals surface area contributed by atoms with E-state index in [4.69, 9.17) is 0 Å². The summed E-state index contributed by atoms with van der Waals surface area (Å²) in [4.78, 5) is 10.5. The fourth-order valence-electron chi connectivity index (χ4n) is 3.40. The number of nitrogens with one attached hydrogen (secondary N) is 1. The van der Waals surface area contributed by atoms with Gasteiger partial charge in [-0.15, -0.1) is 11.3 Å². The molecule has 0 radical (unpaired) electrons. The van der Waals surface area contributed by atoms with E-state index >= 15 is 0 Å². The maximum Gasteiger partial charge on any atom is 0.150 e. The molecule has 4 nitrogen and oxygen atoms in total. The van der Waals surface area contributed by atoms with Gasteiger partial charge in [0.2, 0.25) is 0 Å². The van der Waals surface area contributed by atoms with Gasteiger partial charge in [0.1, 0.15) is 12.1 Å². The topological polar surface area (TPSA) is 42.7 Å². The third-order valence-corrected chi connectivity index (χ3v) is 5.59. The summed E-state index contributed by atoms with van der Waals surface area (Å²) in [6.45, 7) is 0.745. The van der Waals surface area contributed by atoms with Crippen molar-refractivity contribution in [2.45, 2.75) is 6.54 Å². The van der Waals surface area contributed by atoms with Crippen LogP contribution >= 0.6 is 11.3 Å². The van der Waals surface area contributed by atoms with Gasteiger partial charge < -0.3 is 9.88 Å². The molecule has 0 bridgehead atoms. The lowest BCUT2D eigenvalue weighted by Crippen LogP contribution is -2.02. The lowest BCUT2D eigenvalue weighted by Gasteiger charge is -2.08. The fourth-order valence-corrected chi connectivity index (χ4v) is 4.05. The molecule has 0 amide bonds. The number of aromatic nitrogens is 3. The van der Waals surface area contributed by atoms with E-state index in [1.54, 1.807) is 17.7 Å². The number of fused-ring (bicyclic) bond motifs is 1. The molecule has 0 unspecified atom stereocenters. The highest BCUT2D eigenvalue weighted by molar-refractivity contribution is 7.09. The second-order valence-corrected chi connectivity index (χ2v) is 7.50. The van der Waals surface area contributed by atoms with E-state index in [0.717, 1.165) is 40.2 Å². The average Bonchev–Trinajstić information content (AvgIpc) is 3.42. The molecular weight excluding hydrogens is 364 g/mol. The van der Waals surface area contributed by atoms with E-state index < -0.39 is 0 Å². The number of thiophene rings is 1. The van der Waals surface area contributed by atoms with Crippen molar-refractivity contribution in [3.8, 4) is 16.8 Å². The molecule has 3 heterocycles. The molecule has 1 N–H and O–H groups in total. The molecule has 0 saturated heterocycles. The molecule has 0 atom stereocenters. The van der Waals surface area contributed by atoms with Gasteiger partial charge in [-0.1, -0.05) is 54.6 Å². The predicted octanol–water partition coefficient (Wildman–Crippen LogP) is 5.76. The zero-order valence-corrected chi connectivity index (χ0v) is 15.9. The smallest absolute Gasteiger partial charge is 0.150 e. The third kappa shape index (κ3) is 3.06. The Kier molecular flexibility index (Phi) is 4.35. The SMILES string of the molecule is c1ccc(-c2cn(-c3ccccc3)c3ncnc(NCc4cccs4)c23)cc1. The van der Waals surface area contributed by atoms with E-state index in [-0.39, 0.29) is 0 Å². The van der Waals surface area contributed by atoms with Crippen molar-refractivity contribution in [2.75, 3.05) is 5.32 Å². The minimum Gasteiger partial charge on any atom is -0.364 e. The van der Waals surface area contributed by atoms with Crippen LogP contribution in [0.5, 0.6) is 0 Å². The van der Waals surface area contributed by atoms with Gasteiger partial charge in [-0.25, -0.2) is 9.97 Å². The summed E-state index contributed by atoms with van der Waals surface area (Å²) in [6.07, 6.45) is 3.79. The molecule has 5 heteroatoms. The van der Waals surface area contributed by atoms with Gasteiger partial charge in [-0.2, -0.15) is 0 Å². The van der Waals surface area contributed by atoms with Gasteiger partial charge in [-0.3, -0.25) is 0 Å². The van der Waals surface area contributed by atoms with Crippen LogP contribution in [0, 0.1) is 0 Å². The Labute approximate surface area is 167 Å². The van der Waals surface area contributed by atoms with Crippen LogP contribution in [0.15, 0.2) is 90.7 Å². The highest BCUT2D eigenvalue weighted by Crippen LogP contribution is 2.35. The molecule has 5 rings (SSSR count). The summed E-state index contributed by atoms with van der Waals surface area (Å²) >= 11 is 1.74. The number of anilines is 1. The van der Waals surface area contributed by atoms with Crippen LogP contribution in [0.4, 0.5) is 5.82 Å². The molecular formula is C23H18N4S. The van der Waals surface area contributed by atoms with Gasteiger partial charge in [0.05, 0.1) is 11.9 Å². The van der Waals surface area contributed by atoms with E-state index in [9.17, 15) is 0 Å². The monoisotopic (exact) mass is 382 g/mol. The first-order valence-corrected chi connectivity index (χ1v) is 10.0. The number of para-hydroxylation sites is 1. The lowest BCUT2D eigenvalue weighted by molar-refractivity contribution is 1.07. The number of hydrogen-bond donors (Lipinski definition) is 1. The minimum absolute atomic E-state index is 0.745. The van der Waals surface area contributed by atoms with Crippen molar-refractivity contribution in [3.63, 3.8) is 0 Å².